The van der Waals surface area contributed by atoms with E-state index in [1.54, 1.807) is 0 Å². The van der Waals surface area contributed by atoms with Crippen molar-refractivity contribution in [3.8, 4) is 11.3 Å². The number of Topliss-reactive ketones (excluding diaryl/α,β-unsaturated/α-hetero) is 1. The Kier molecular flexibility index (Phi) is 3.62. The minimum atomic E-state index is 0.0851. The summed E-state index contributed by atoms with van der Waals surface area (Å²) < 4.78 is 5.89. The number of fused-ring (bicyclic) bond motifs is 1. The predicted molar refractivity (Wildman–Crippen MR) is 96.3 cm³/mol. The van der Waals surface area contributed by atoms with Gasteiger partial charge in [0.05, 0.1) is 0 Å². The third-order valence-electron chi connectivity index (χ3n) is 4.33. The highest BCUT2D eigenvalue weighted by Gasteiger charge is 2.24. The molecule has 0 saturated carbocycles. The van der Waals surface area contributed by atoms with E-state index < -0.39 is 0 Å². The molecule has 118 valence electrons. The van der Waals surface area contributed by atoms with E-state index in [-0.39, 0.29) is 5.78 Å². The summed E-state index contributed by atoms with van der Waals surface area (Å²) in [7, 11) is 0. The van der Waals surface area contributed by atoms with E-state index in [1.165, 1.54) is 0 Å². The first kappa shape index (κ1) is 15.0. The van der Waals surface area contributed by atoms with Gasteiger partial charge in [0.1, 0.15) is 11.5 Å². The normalized spacial score (nSPS) is 15.1. The fourth-order valence-electron chi connectivity index (χ4n) is 2.97. The number of carbonyl (C=O) groups is 1. The second-order valence-corrected chi connectivity index (χ2v) is 6.41. The monoisotopic (exact) mass is 334 g/mol. The molecule has 24 heavy (non-hydrogen) atoms. The molecule has 0 N–H and O–H groups in total. The van der Waals surface area contributed by atoms with Gasteiger partial charge < -0.3 is 4.42 Å². The van der Waals surface area contributed by atoms with Gasteiger partial charge in [0.25, 0.3) is 0 Å². The van der Waals surface area contributed by atoms with Crippen molar-refractivity contribution in [2.75, 3.05) is 0 Å². The number of allylic oxidation sites excluding steroid dienone is 1. The average Bonchev–Trinajstić information content (AvgIpc) is 3.16. The quantitative estimate of drug-likeness (QED) is 0.560. The highest BCUT2D eigenvalue weighted by Crippen LogP contribution is 2.30. The fourth-order valence-corrected chi connectivity index (χ4v) is 3.15. The van der Waals surface area contributed by atoms with Crippen LogP contribution in [0.3, 0.4) is 0 Å². The van der Waals surface area contributed by atoms with Crippen LogP contribution >= 0.6 is 11.6 Å². The summed E-state index contributed by atoms with van der Waals surface area (Å²) in [6.45, 7) is 1.97. The second kappa shape index (κ2) is 5.81. The zero-order valence-corrected chi connectivity index (χ0v) is 13.9. The lowest BCUT2D eigenvalue weighted by atomic mass is 10.1. The van der Waals surface area contributed by atoms with Crippen LogP contribution in [0.15, 0.2) is 64.6 Å². The predicted octanol–water partition coefficient (Wildman–Crippen LogP) is 5.73. The molecule has 4 rings (SSSR count). The SMILES string of the molecule is Cc1ccc(-c2ccc(C=C3Cc4ccccc4C3=O)o2)cc1Cl. The van der Waals surface area contributed by atoms with Crippen molar-refractivity contribution in [2.45, 2.75) is 13.3 Å². The number of carbonyl (C=O) groups excluding carboxylic acids is 1. The van der Waals surface area contributed by atoms with Crippen molar-refractivity contribution in [1.29, 1.82) is 0 Å². The molecule has 2 nitrogen and oxygen atoms in total. The van der Waals surface area contributed by atoms with E-state index >= 15 is 0 Å². The number of aryl methyl sites for hydroxylation is 1. The summed E-state index contributed by atoms with van der Waals surface area (Å²) >= 11 is 6.18. The lowest BCUT2D eigenvalue weighted by Gasteiger charge is -2.01. The first-order valence-electron chi connectivity index (χ1n) is 7.81. The molecule has 3 heteroatoms. The van der Waals surface area contributed by atoms with Gasteiger partial charge in [0.2, 0.25) is 0 Å². The van der Waals surface area contributed by atoms with Crippen LogP contribution in [-0.4, -0.2) is 5.78 Å². The van der Waals surface area contributed by atoms with Crippen molar-refractivity contribution in [3.63, 3.8) is 0 Å². The van der Waals surface area contributed by atoms with Gasteiger partial charge in [-0.05, 0) is 42.3 Å². The Balaban J connectivity index is 1.64. The summed E-state index contributed by atoms with van der Waals surface area (Å²) in [5.41, 5.74) is 4.59. The summed E-state index contributed by atoms with van der Waals surface area (Å²) in [5, 5.41) is 0.713. The number of furan rings is 1. The molecular formula is C21H15ClO2. The topological polar surface area (TPSA) is 30.2 Å². The molecule has 0 amide bonds. The Bertz CT molecular complexity index is 979. The number of hydrogen-bond acceptors (Lipinski definition) is 2. The van der Waals surface area contributed by atoms with Crippen LogP contribution in [0.4, 0.5) is 0 Å². The largest absolute Gasteiger partial charge is 0.457 e. The Morgan fingerprint density at radius 1 is 1.08 bits per heavy atom. The van der Waals surface area contributed by atoms with Crippen LogP contribution in [0.25, 0.3) is 17.4 Å². The molecule has 0 saturated heterocycles. The lowest BCUT2D eigenvalue weighted by molar-refractivity contribution is 0.104. The molecule has 0 spiro atoms. The van der Waals surface area contributed by atoms with Gasteiger partial charge in [-0.3, -0.25) is 4.79 Å². The van der Waals surface area contributed by atoms with Gasteiger partial charge in [0, 0.05) is 28.1 Å². The van der Waals surface area contributed by atoms with Gasteiger partial charge in [-0.2, -0.15) is 0 Å². The highest BCUT2D eigenvalue weighted by molar-refractivity contribution is 6.31. The maximum absolute atomic E-state index is 12.4. The molecule has 2 aromatic carbocycles. The summed E-state index contributed by atoms with van der Waals surface area (Å²) in [4.78, 5) is 12.4. The van der Waals surface area contributed by atoms with E-state index in [0.29, 0.717) is 17.2 Å². The Morgan fingerprint density at radius 3 is 2.71 bits per heavy atom. The smallest absolute Gasteiger partial charge is 0.189 e. The van der Waals surface area contributed by atoms with Gasteiger partial charge in [-0.15, -0.1) is 0 Å². The minimum Gasteiger partial charge on any atom is -0.457 e. The van der Waals surface area contributed by atoms with Gasteiger partial charge in [-0.25, -0.2) is 0 Å². The summed E-state index contributed by atoms with van der Waals surface area (Å²) in [5.74, 6) is 1.51. The Hall–Kier alpha value is -2.58. The van der Waals surface area contributed by atoms with Crippen LogP contribution in [0, 0.1) is 6.92 Å². The zero-order chi connectivity index (χ0) is 16.7. The summed E-state index contributed by atoms with van der Waals surface area (Å²) in [6, 6.07) is 17.3. The lowest BCUT2D eigenvalue weighted by Crippen LogP contribution is -1.94. The molecule has 0 aliphatic heterocycles. The number of rotatable bonds is 2. The number of halogens is 1. The Morgan fingerprint density at radius 2 is 1.92 bits per heavy atom. The van der Waals surface area contributed by atoms with E-state index in [1.807, 2.05) is 67.6 Å². The van der Waals surface area contributed by atoms with Crippen molar-refractivity contribution >= 4 is 23.5 Å². The highest BCUT2D eigenvalue weighted by atomic mass is 35.5. The second-order valence-electron chi connectivity index (χ2n) is 6.00. The number of hydrogen-bond donors (Lipinski definition) is 0. The molecule has 0 radical (unpaired) electrons. The van der Waals surface area contributed by atoms with Crippen molar-refractivity contribution in [2.24, 2.45) is 0 Å². The standard InChI is InChI=1S/C21H15ClO2/c1-13-6-7-15(12-19(13)22)20-9-8-17(24-20)11-16-10-14-4-2-3-5-18(14)21(16)23/h2-9,11-12H,10H2,1H3. The van der Waals surface area contributed by atoms with Crippen LogP contribution in [0.2, 0.25) is 5.02 Å². The van der Waals surface area contributed by atoms with Crippen LogP contribution in [-0.2, 0) is 6.42 Å². The number of ketones is 1. The van der Waals surface area contributed by atoms with Crippen LogP contribution in [0.1, 0.15) is 27.2 Å². The maximum atomic E-state index is 12.4. The van der Waals surface area contributed by atoms with E-state index in [4.69, 9.17) is 16.0 Å². The van der Waals surface area contributed by atoms with Crippen LogP contribution in [0.5, 0.6) is 0 Å². The van der Waals surface area contributed by atoms with Gasteiger partial charge >= 0.3 is 0 Å². The molecule has 1 aliphatic rings. The zero-order valence-electron chi connectivity index (χ0n) is 13.2. The van der Waals surface area contributed by atoms with E-state index in [2.05, 4.69) is 0 Å². The van der Waals surface area contributed by atoms with Crippen LogP contribution < -0.4 is 0 Å². The van der Waals surface area contributed by atoms with Gasteiger partial charge in [-0.1, -0.05) is 48.0 Å². The molecule has 0 bridgehead atoms. The first-order valence-corrected chi connectivity index (χ1v) is 8.19. The van der Waals surface area contributed by atoms with E-state index in [9.17, 15) is 4.79 Å². The molecule has 0 atom stereocenters. The molecule has 1 heterocycles. The molecule has 1 aliphatic carbocycles. The van der Waals surface area contributed by atoms with Crippen molar-refractivity contribution in [1.82, 2.24) is 0 Å². The molecular weight excluding hydrogens is 320 g/mol. The van der Waals surface area contributed by atoms with Gasteiger partial charge in [0.15, 0.2) is 5.78 Å². The first-order chi connectivity index (χ1) is 11.6. The fraction of sp³-hybridized carbons (Fsp3) is 0.0952. The van der Waals surface area contributed by atoms with Crippen molar-refractivity contribution < 1.29 is 9.21 Å². The molecule has 1 aromatic heterocycles. The number of benzene rings is 2. The average molecular weight is 335 g/mol. The minimum absolute atomic E-state index is 0.0851. The Labute approximate surface area is 145 Å². The maximum Gasteiger partial charge on any atom is 0.189 e. The summed E-state index contributed by atoms with van der Waals surface area (Å²) in [6.07, 6.45) is 2.49. The molecule has 3 aromatic rings. The van der Waals surface area contributed by atoms with Crippen molar-refractivity contribution in [3.05, 3.63) is 87.6 Å². The third-order valence-corrected chi connectivity index (χ3v) is 4.74. The van der Waals surface area contributed by atoms with E-state index in [0.717, 1.165) is 33.6 Å². The molecule has 0 fully saturated rings. The molecule has 0 unspecified atom stereocenters. The third kappa shape index (κ3) is 2.59.